The molecule has 0 saturated heterocycles. The molecule has 0 spiro atoms. The largest absolute Gasteiger partial charge is 0.369 e. The fourth-order valence-corrected chi connectivity index (χ4v) is 2.32. The molecular weight excluding hydrogens is 248 g/mol. The van der Waals surface area contributed by atoms with Crippen molar-refractivity contribution in [2.75, 3.05) is 11.9 Å². The van der Waals surface area contributed by atoms with Gasteiger partial charge in [-0.15, -0.1) is 0 Å². The Kier molecular flexibility index (Phi) is 2.69. The minimum atomic E-state index is 0.458. The van der Waals surface area contributed by atoms with E-state index in [4.69, 9.17) is 16.9 Å². The Morgan fingerprint density at radius 1 is 1.33 bits per heavy atom. The summed E-state index contributed by atoms with van der Waals surface area (Å²) in [5.74, 6) is 1.65. The molecule has 4 nitrogen and oxygen atoms in total. The first kappa shape index (κ1) is 11.1. The maximum Gasteiger partial charge on any atom is 0.183 e. The second-order valence-corrected chi connectivity index (χ2v) is 4.62. The summed E-state index contributed by atoms with van der Waals surface area (Å²) in [6, 6.07) is 9.65. The number of nitrogens with zero attached hydrogens (tertiary/aromatic N) is 3. The first-order valence-corrected chi connectivity index (χ1v) is 6.18. The number of anilines is 1. The highest BCUT2D eigenvalue weighted by Gasteiger charge is 2.20. The van der Waals surface area contributed by atoms with Crippen LogP contribution in [0.15, 0.2) is 24.3 Å². The van der Waals surface area contributed by atoms with Crippen molar-refractivity contribution in [2.24, 2.45) is 0 Å². The summed E-state index contributed by atoms with van der Waals surface area (Å²) in [5.41, 5.74) is 1.44. The van der Waals surface area contributed by atoms with Gasteiger partial charge in [0.05, 0.1) is 0 Å². The third-order valence-electron chi connectivity index (χ3n) is 3.03. The molecule has 1 aromatic heterocycles. The van der Waals surface area contributed by atoms with Crippen molar-refractivity contribution in [3.63, 3.8) is 0 Å². The molecule has 1 N–H and O–H groups in total. The van der Waals surface area contributed by atoms with Crippen LogP contribution in [0.25, 0.3) is 11.4 Å². The molecule has 1 aliphatic heterocycles. The maximum absolute atomic E-state index is 9.11. The van der Waals surface area contributed by atoms with Crippen LogP contribution >= 0.6 is 11.6 Å². The van der Waals surface area contributed by atoms with Gasteiger partial charge < -0.3 is 9.88 Å². The SMILES string of the molecule is N#Cc1nc(-c2ccc(Cl)cc2)n2c1NCCC2. The number of hydrogen-bond acceptors (Lipinski definition) is 3. The van der Waals surface area contributed by atoms with E-state index in [-0.39, 0.29) is 0 Å². The van der Waals surface area contributed by atoms with Crippen LogP contribution < -0.4 is 5.32 Å². The highest BCUT2D eigenvalue weighted by Crippen LogP contribution is 2.28. The number of imidazole rings is 1. The van der Waals surface area contributed by atoms with Crippen LogP contribution in [0.4, 0.5) is 5.82 Å². The lowest BCUT2D eigenvalue weighted by Gasteiger charge is -2.18. The van der Waals surface area contributed by atoms with E-state index >= 15 is 0 Å². The second-order valence-electron chi connectivity index (χ2n) is 4.18. The Morgan fingerprint density at radius 3 is 2.83 bits per heavy atom. The van der Waals surface area contributed by atoms with Crippen molar-refractivity contribution in [3.8, 4) is 17.5 Å². The minimum absolute atomic E-state index is 0.458. The molecule has 0 unspecified atom stereocenters. The number of halogens is 1. The van der Waals surface area contributed by atoms with Gasteiger partial charge in [0.25, 0.3) is 0 Å². The first-order valence-electron chi connectivity index (χ1n) is 5.80. The summed E-state index contributed by atoms with van der Waals surface area (Å²) in [4.78, 5) is 4.41. The maximum atomic E-state index is 9.11. The number of aromatic nitrogens is 2. The van der Waals surface area contributed by atoms with Gasteiger partial charge in [-0.3, -0.25) is 0 Å². The average Bonchev–Trinajstić information content (AvgIpc) is 2.79. The number of nitriles is 1. The normalized spacial score (nSPS) is 13.6. The standard InChI is InChI=1S/C13H11ClN4/c14-10-4-2-9(3-5-10)12-17-11(8-15)13-16-6-1-7-18(12)13/h2-5,16H,1,6-7H2. The average molecular weight is 259 g/mol. The van der Waals surface area contributed by atoms with E-state index in [2.05, 4.69) is 20.9 Å². The molecule has 0 radical (unpaired) electrons. The Balaban J connectivity index is 2.15. The van der Waals surface area contributed by atoms with Crippen molar-refractivity contribution in [1.29, 1.82) is 5.26 Å². The van der Waals surface area contributed by atoms with Crippen LogP contribution in [-0.2, 0) is 6.54 Å². The van der Waals surface area contributed by atoms with Gasteiger partial charge in [-0.05, 0) is 30.7 Å². The van der Waals surface area contributed by atoms with Crippen LogP contribution in [0.3, 0.4) is 0 Å². The summed E-state index contributed by atoms with van der Waals surface area (Å²) in [5, 5.41) is 13.0. The highest BCUT2D eigenvalue weighted by molar-refractivity contribution is 6.30. The predicted octanol–water partition coefficient (Wildman–Crippen LogP) is 2.89. The molecule has 0 saturated carbocycles. The monoisotopic (exact) mass is 258 g/mol. The van der Waals surface area contributed by atoms with Crippen molar-refractivity contribution in [2.45, 2.75) is 13.0 Å². The fourth-order valence-electron chi connectivity index (χ4n) is 2.19. The van der Waals surface area contributed by atoms with Crippen LogP contribution in [0.2, 0.25) is 5.02 Å². The molecule has 2 aromatic rings. The Hall–Kier alpha value is -1.99. The molecule has 3 rings (SSSR count). The van der Waals surface area contributed by atoms with E-state index in [0.717, 1.165) is 36.7 Å². The second kappa shape index (κ2) is 4.35. The van der Waals surface area contributed by atoms with E-state index < -0.39 is 0 Å². The summed E-state index contributed by atoms with van der Waals surface area (Å²) >= 11 is 5.88. The molecule has 0 bridgehead atoms. The van der Waals surface area contributed by atoms with Gasteiger partial charge in [-0.25, -0.2) is 4.98 Å². The lowest BCUT2D eigenvalue weighted by Crippen LogP contribution is -2.17. The van der Waals surface area contributed by atoms with Gasteiger partial charge in [0.1, 0.15) is 17.7 Å². The first-order chi connectivity index (χ1) is 8.79. The molecule has 1 aliphatic rings. The van der Waals surface area contributed by atoms with Crippen LogP contribution in [0, 0.1) is 11.3 Å². The van der Waals surface area contributed by atoms with Gasteiger partial charge >= 0.3 is 0 Å². The zero-order chi connectivity index (χ0) is 12.5. The lowest BCUT2D eigenvalue weighted by molar-refractivity contribution is 0.635. The van der Waals surface area contributed by atoms with Gasteiger partial charge in [0.15, 0.2) is 5.69 Å². The van der Waals surface area contributed by atoms with Crippen molar-refractivity contribution in [1.82, 2.24) is 9.55 Å². The van der Waals surface area contributed by atoms with E-state index in [1.165, 1.54) is 0 Å². The zero-order valence-electron chi connectivity index (χ0n) is 9.65. The third-order valence-corrected chi connectivity index (χ3v) is 3.28. The summed E-state index contributed by atoms with van der Waals surface area (Å²) in [6.45, 7) is 1.77. The molecule has 1 aromatic carbocycles. The zero-order valence-corrected chi connectivity index (χ0v) is 10.4. The molecule has 2 heterocycles. The number of hydrogen-bond donors (Lipinski definition) is 1. The molecule has 0 aliphatic carbocycles. The van der Waals surface area contributed by atoms with Gasteiger partial charge in [0.2, 0.25) is 0 Å². The molecule has 0 atom stereocenters. The molecule has 0 fully saturated rings. The van der Waals surface area contributed by atoms with Crippen LogP contribution in [0.5, 0.6) is 0 Å². The van der Waals surface area contributed by atoms with Gasteiger partial charge in [-0.1, -0.05) is 11.6 Å². The van der Waals surface area contributed by atoms with E-state index in [1.54, 1.807) is 0 Å². The number of nitrogens with one attached hydrogen (secondary N) is 1. The molecule has 0 amide bonds. The topological polar surface area (TPSA) is 53.6 Å². The molecule has 18 heavy (non-hydrogen) atoms. The van der Waals surface area contributed by atoms with E-state index in [1.807, 2.05) is 24.3 Å². The van der Waals surface area contributed by atoms with Crippen molar-refractivity contribution >= 4 is 17.4 Å². The summed E-state index contributed by atoms with van der Waals surface area (Å²) in [6.07, 6.45) is 1.04. The number of benzene rings is 1. The minimum Gasteiger partial charge on any atom is -0.369 e. The van der Waals surface area contributed by atoms with Crippen LogP contribution in [-0.4, -0.2) is 16.1 Å². The molecule has 5 heteroatoms. The number of rotatable bonds is 1. The lowest BCUT2D eigenvalue weighted by atomic mass is 10.2. The Labute approximate surface area is 110 Å². The van der Waals surface area contributed by atoms with Gasteiger partial charge in [0, 0.05) is 23.7 Å². The van der Waals surface area contributed by atoms with Crippen molar-refractivity contribution in [3.05, 3.63) is 35.0 Å². The fraction of sp³-hybridized carbons (Fsp3) is 0.231. The van der Waals surface area contributed by atoms with Crippen LogP contribution in [0.1, 0.15) is 12.1 Å². The van der Waals surface area contributed by atoms with Gasteiger partial charge in [-0.2, -0.15) is 5.26 Å². The van der Waals surface area contributed by atoms with E-state index in [0.29, 0.717) is 10.7 Å². The molecular formula is C13H11ClN4. The summed E-state index contributed by atoms with van der Waals surface area (Å²) in [7, 11) is 0. The number of fused-ring (bicyclic) bond motifs is 1. The van der Waals surface area contributed by atoms with E-state index in [9.17, 15) is 0 Å². The highest BCUT2D eigenvalue weighted by atomic mass is 35.5. The Morgan fingerprint density at radius 2 is 2.11 bits per heavy atom. The third kappa shape index (κ3) is 1.73. The smallest absolute Gasteiger partial charge is 0.183 e. The van der Waals surface area contributed by atoms with Crippen molar-refractivity contribution < 1.29 is 0 Å². The Bertz CT molecular complexity index is 622. The summed E-state index contributed by atoms with van der Waals surface area (Å²) < 4.78 is 2.06. The molecule has 90 valence electrons. The predicted molar refractivity (Wildman–Crippen MR) is 70.5 cm³/mol. The quantitative estimate of drug-likeness (QED) is 0.856.